The van der Waals surface area contributed by atoms with Crippen molar-refractivity contribution in [3.05, 3.63) is 63.6 Å². The van der Waals surface area contributed by atoms with E-state index in [4.69, 9.17) is 0 Å². The molecule has 0 aliphatic carbocycles. The fraction of sp³-hybridized carbons (Fsp3) is 0.235. The number of rotatable bonds is 3. The summed E-state index contributed by atoms with van der Waals surface area (Å²) in [6.45, 7) is 3.80. The van der Waals surface area contributed by atoms with Gasteiger partial charge in [-0.05, 0) is 17.6 Å². The van der Waals surface area contributed by atoms with Gasteiger partial charge in [0.25, 0.3) is 5.56 Å². The molecule has 0 unspecified atom stereocenters. The summed E-state index contributed by atoms with van der Waals surface area (Å²) in [5.41, 5.74) is 2.05. The van der Waals surface area contributed by atoms with E-state index in [-0.39, 0.29) is 17.2 Å². The van der Waals surface area contributed by atoms with Crippen molar-refractivity contribution in [2.24, 2.45) is 7.05 Å². The minimum atomic E-state index is -0.146. The molecule has 3 heteroatoms. The van der Waals surface area contributed by atoms with Crippen molar-refractivity contribution >= 4 is 12.2 Å². The Bertz CT molecular complexity index is 682. The van der Waals surface area contributed by atoms with Crippen LogP contribution in [-0.4, -0.2) is 9.67 Å². The normalized spacial score (nSPS) is 11.4. The molecule has 3 nitrogen and oxygen atoms in total. The average molecular weight is 269 g/mol. The van der Waals surface area contributed by atoms with Gasteiger partial charge < -0.3 is 9.67 Å². The molecule has 0 amide bonds. The maximum atomic E-state index is 12.2. The second-order valence-corrected chi connectivity index (χ2v) is 5.13. The van der Waals surface area contributed by atoms with Gasteiger partial charge >= 0.3 is 0 Å². The molecule has 0 saturated heterocycles. The topological polar surface area (TPSA) is 42.2 Å². The smallest absolute Gasteiger partial charge is 0.257 e. The molecule has 104 valence electrons. The molecule has 0 fully saturated rings. The number of aromatic nitrogens is 1. The van der Waals surface area contributed by atoms with Crippen LogP contribution in [0, 0.1) is 0 Å². The fourth-order valence-corrected chi connectivity index (χ4v) is 2.17. The van der Waals surface area contributed by atoms with Crippen LogP contribution < -0.4 is 5.56 Å². The van der Waals surface area contributed by atoms with Crippen LogP contribution in [0.3, 0.4) is 0 Å². The Morgan fingerprint density at radius 2 is 1.80 bits per heavy atom. The number of hydrogen-bond acceptors (Lipinski definition) is 2. The summed E-state index contributed by atoms with van der Waals surface area (Å²) in [6, 6.07) is 11.5. The molecule has 2 aromatic rings. The van der Waals surface area contributed by atoms with Gasteiger partial charge in [0.15, 0.2) is 0 Å². The SMILES string of the molecule is CC(C)c1c(O)cc(/C=C/c2ccccc2)n(C)c1=O. The second-order valence-electron chi connectivity index (χ2n) is 5.13. The molecule has 0 bridgehead atoms. The summed E-state index contributed by atoms with van der Waals surface area (Å²) < 4.78 is 1.56. The number of aromatic hydroxyl groups is 1. The third-order valence-electron chi connectivity index (χ3n) is 3.31. The first kappa shape index (κ1) is 14.1. The first-order valence-electron chi connectivity index (χ1n) is 6.66. The zero-order chi connectivity index (χ0) is 14.7. The molecule has 1 N–H and O–H groups in total. The summed E-state index contributed by atoms with van der Waals surface area (Å²) >= 11 is 0. The Labute approximate surface area is 118 Å². The highest BCUT2D eigenvalue weighted by Gasteiger charge is 2.13. The van der Waals surface area contributed by atoms with Crippen molar-refractivity contribution in [1.82, 2.24) is 4.57 Å². The predicted molar refractivity (Wildman–Crippen MR) is 82.8 cm³/mol. The van der Waals surface area contributed by atoms with Gasteiger partial charge in [-0.15, -0.1) is 0 Å². The lowest BCUT2D eigenvalue weighted by atomic mass is 10.0. The highest BCUT2D eigenvalue weighted by molar-refractivity contribution is 5.68. The van der Waals surface area contributed by atoms with E-state index in [0.717, 1.165) is 5.56 Å². The van der Waals surface area contributed by atoms with Crippen LogP contribution in [0.1, 0.15) is 36.6 Å². The van der Waals surface area contributed by atoms with E-state index in [1.807, 2.05) is 56.3 Å². The minimum Gasteiger partial charge on any atom is -0.507 e. The van der Waals surface area contributed by atoms with Gasteiger partial charge in [-0.2, -0.15) is 0 Å². The van der Waals surface area contributed by atoms with Crippen molar-refractivity contribution in [1.29, 1.82) is 0 Å². The molecule has 0 atom stereocenters. The molecule has 0 saturated carbocycles. The molecular weight excluding hydrogens is 250 g/mol. The third kappa shape index (κ3) is 2.82. The Kier molecular flexibility index (Phi) is 4.08. The van der Waals surface area contributed by atoms with Gasteiger partial charge in [0.05, 0.1) is 5.56 Å². The first-order valence-corrected chi connectivity index (χ1v) is 6.66. The number of benzene rings is 1. The Morgan fingerprint density at radius 1 is 1.15 bits per heavy atom. The monoisotopic (exact) mass is 269 g/mol. The summed E-state index contributed by atoms with van der Waals surface area (Å²) in [5, 5.41) is 10.0. The highest BCUT2D eigenvalue weighted by atomic mass is 16.3. The highest BCUT2D eigenvalue weighted by Crippen LogP contribution is 2.23. The molecule has 1 aromatic heterocycles. The van der Waals surface area contributed by atoms with Gasteiger partial charge in [-0.1, -0.05) is 50.3 Å². The van der Waals surface area contributed by atoms with Crippen LogP contribution in [0.15, 0.2) is 41.2 Å². The van der Waals surface area contributed by atoms with Gasteiger partial charge in [0.1, 0.15) is 5.75 Å². The lowest BCUT2D eigenvalue weighted by Gasteiger charge is -2.12. The van der Waals surface area contributed by atoms with Gasteiger partial charge in [-0.25, -0.2) is 0 Å². The van der Waals surface area contributed by atoms with E-state index in [1.165, 1.54) is 0 Å². The summed E-state index contributed by atoms with van der Waals surface area (Å²) in [4.78, 5) is 12.2. The van der Waals surface area contributed by atoms with Crippen molar-refractivity contribution in [2.45, 2.75) is 19.8 Å². The zero-order valence-electron chi connectivity index (χ0n) is 12.0. The van der Waals surface area contributed by atoms with Crippen LogP contribution >= 0.6 is 0 Å². The number of pyridine rings is 1. The predicted octanol–water partition coefficient (Wildman–Crippen LogP) is 3.38. The molecular formula is C17H19NO2. The summed E-state index contributed by atoms with van der Waals surface area (Å²) in [5.74, 6) is 0.0664. The minimum absolute atomic E-state index is 0.000790. The molecule has 0 aliphatic heterocycles. The van der Waals surface area contributed by atoms with Gasteiger partial charge in [0, 0.05) is 18.8 Å². The van der Waals surface area contributed by atoms with Gasteiger partial charge in [-0.3, -0.25) is 4.79 Å². The fourth-order valence-electron chi connectivity index (χ4n) is 2.17. The van der Waals surface area contributed by atoms with E-state index < -0.39 is 0 Å². The van der Waals surface area contributed by atoms with E-state index in [0.29, 0.717) is 11.3 Å². The molecule has 0 spiro atoms. The quantitative estimate of drug-likeness (QED) is 0.928. The van der Waals surface area contributed by atoms with Crippen LogP contribution in [-0.2, 0) is 7.05 Å². The largest absolute Gasteiger partial charge is 0.507 e. The van der Waals surface area contributed by atoms with E-state index in [1.54, 1.807) is 17.7 Å². The van der Waals surface area contributed by atoms with Gasteiger partial charge in [0.2, 0.25) is 0 Å². The standard InChI is InChI=1S/C17H19NO2/c1-12(2)16-15(19)11-14(18(3)17(16)20)10-9-13-7-5-4-6-8-13/h4-12,19H,1-3H3/b10-9+. The van der Waals surface area contributed by atoms with Crippen molar-refractivity contribution in [3.63, 3.8) is 0 Å². The third-order valence-corrected chi connectivity index (χ3v) is 3.31. The van der Waals surface area contributed by atoms with E-state index >= 15 is 0 Å². The summed E-state index contributed by atoms with van der Waals surface area (Å²) in [7, 11) is 1.72. The molecule has 0 radical (unpaired) electrons. The first-order chi connectivity index (χ1) is 9.50. The van der Waals surface area contributed by atoms with E-state index in [2.05, 4.69) is 0 Å². The maximum Gasteiger partial charge on any atom is 0.257 e. The molecule has 0 aliphatic rings. The summed E-state index contributed by atoms with van der Waals surface area (Å²) in [6.07, 6.45) is 3.75. The van der Waals surface area contributed by atoms with Crippen LogP contribution in [0.2, 0.25) is 0 Å². The Hall–Kier alpha value is -2.29. The zero-order valence-corrected chi connectivity index (χ0v) is 12.0. The van der Waals surface area contributed by atoms with E-state index in [9.17, 15) is 9.90 Å². The average Bonchev–Trinajstić information content (AvgIpc) is 2.42. The molecule has 20 heavy (non-hydrogen) atoms. The number of nitrogens with zero attached hydrogens (tertiary/aromatic N) is 1. The number of hydrogen-bond donors (Lipinski definition) is 1. The van der Waals surface area contributed by atoms with Crippen molar-refractivity contribution in [3.8, 4) is 5.75 Å². The molecule has 2 rings (SSSR count). The molecule has 1 heterocycles. The Balaban J connectivity index is 2.45. The lowest BCUT2D eigenvalue weighted by molar-refractivity contribution is 0.459. The van der Waals surface area contributed by atoms with Crippen molar-refractivity contribution in [2.75, 3.05) is 0 Å². The van der Waals surface area contributed by atoms with Crippen LogP contribution in [0.25, 0.3) is 12.2 Å². The second kappa shape index (κ2) is 5.78. The lowest BCUT2D eigenvalue weighted by Crippen LogP contribution is -2.23. The van der Waals surface area contributed by atoms with Crippen LogP contribution in [0.5, 0.6) is 5.75 Å². The molecule has 1 aromatic carbocycles. The maximum absolute atomic E-state index is 12.2. The Morgan fingerprint density at radius 3 is 2.40 bits per heavy atom. The van der Waals surface area contributed by atoms with Crippen molar-refractivity contribution < 1.29 is 5.11 Å². The van der Waals surface area contributed by atoms with Crippen LogP contribution in [0.4, 0.5) is 0 Å².